The fourth-order valence-corrected chi connectivity index (χ4v) is 5.52. The number of benzene rings is 2. The van der Waals surface area contributed by atoms with Crippen molar-refractivity contribution in [1.82, 2.24) is 4.90 Å². The summed E-state index contributed by atoms with van der Waals surface area (Å²) in [4.78, 5) is 2.52. The summed E-state index contributed by atoms with van der Waals surface area (Å²) in [6, 6.07) is 19.3. The summed E-state index contributed by atoms with van der Waals surface area (Å²) >= 11 is 13.2. The van der Waals surface area contributed by atoms with Gasteiger partial charge in [-0.1, -0.05) is 72.9 Å². The van der Waals surface area contributed by atoms with E-state index in [-0.39, 0.29) is 0 Å². The molecule has 1 aliphatic rings. The van der Waals surface area contributed by atoms with Gasteiger partial charge in [-0.2, -0.15) is 5.26 Å². The number of halogens is 2. The molecule has 1 aliphatic carbocycles. The van der Waals surface area contributed by atoms with Crippen molar-refractivity contribution < 1.29 is 0 Å². The number of nitrogens with zero attached hydrogens (tertiary/aromatic N) is 2. The molecule has 0 radical (unpaired) electrons. The van der Waals surface area contributed by atoms with Crippen molar-refractivity contribution in [2.24, 2.45) is 5.92 Å². The molecule has 1 fully saturated rings. The molecule has 30 heavy (non-hydrogen) atoms. The van der Waals surface area contributed by atoms with Crippen LogP contribution < -0.4 is 0 Å². The van der Waals surface area contributed by atoms with E-state index in [0.717, 1.165) is 50.8 Å². The number of nitriles is 1. The molecule has 0 spiro atoms. The maximum absolute atomic E-state index is 10.4. The first-order valence-electron chi connectivity index (χ1n) is 11.2. The highest BCUT2D eigenvalue weighted by Crippen LogP contribution is 2.51. The van der Waals surface area contributed by atoms with Gasteiger partial charge in [0.05, 0.1) is 11.5 Å². The minimum atomic E-state index is -0.596. The normalized spacial score (nSPS) is 17.2. The van der Waals surface area contributed by atoms with E-state index in [0.29, 0.717) is 22.0 Å². The van der Waals surface area contributed by atoms with Crippen LogP contribution in [0.2, 0.25) is 10.0 Å². The van der Waals surface area contributed by atoms with Gasteiger partial charge in [-0.05, 0) is 69.2 Å². The van der Waals surface area contributed by atoms with Crippen LogP contribution in [0.5, 0.6) is 0 Å². The lowest BCUT2D eigenvalue weighted by atomic mass is 9.60. The number of hydrogen-bond acceptors (Lipinski definition) is 2. The molecule has 0 amide bonds. The zero-order chi connectivity index (χ0) is 21.6. The lowest BCUT2D eigenvalue weighted by molar-refractivity contribution is 0.162. The number of hydrogen-bond donors (Lipinski definition) is 0. The van der Waals surface area contributed by atoms with Crippen molar-refractivity contribution >= 4 is 23.2 Å². The maximum Gasteiger partial charge on any atom is 0.0879 e. The third kappa shape index (κ3) is 5.02. The first-order chi connectivity index (χ1) is 14.5. The van der Waals surface area contributed by atoms with Crippen LogP contribution in [0.1, 0.15) is 57.1 Å². The average Bonchev–Trinajstić information content (AvgIpc) is 2.71. The van der Waals surface area contributed by atoms with E-state index in [4.69, 9.17) is 23.2 Å². The minimum absolute atomic E-state index is 0.339. The summed E-state index contributed by atoms with van der Waals surface area (Å²) in [5.41, 5.74) is 1.62. The van der Waals surface area contributed by atoms with Crippen molar-refractivity contribution in [3.63, 3.8) is 0 Å². The van der Waals surface area contributed by atoms with Crippen LogP contribution >= 0.6 is 23.2 Å². The second kappa shape index (κ2) is 10.7. The predicted octanol–water partition coefficient (Wildman–Crippen LogP) is 7.29. The highest BCUT2D eigenvalue weighted by molar-refractivity contribution is 6.36. The summed E-state index contributed by atoms with van der Waals surface area (Å²) in [6.45, 7) is 6.53. The molecule has 0 bridgehead atoms. The van der Waals surface area contributed by atoms with E-state index < -0.39 is 5.41 Å². The Labute approximate surface area is 191 Å². The summed E-state index contributed by atoms with van der Waals surface area (Å²) in [7, 11) is 0. The molecule has 0 aromatic heterocycles. The van der Waals surface area contributed by atoms with Gasteiger partial charge in [0.1, 0.15) is 0 Å². The molecular weight excluding hydrogens is 411 g/mol. The Kier molecular flexibility index (Phi) is 8.23. The molecule has 2 atom stereocenters. The molecule has 1 saturated carbocycles. The minimum Gasteiger partial charge on any atom is -0.301 e. The first kappa shape index (κ1) is 23.1. The highest BCUT2D eigenvalue weighted by Gasteiger charge is 2.46. The number of likely N-dealkylation sites (N-methyl/N-ethyl adjacent to an activating group) is 1. The SMILES string of the molecule is CCN(CCc1ccccc1)C(C)CCC(C#N)(c1c(Cl)cccc1Cl)C1CCC1. The van der Waals surface area contributed by atoms with Gasteiger partial charge in [0.15, 0.2) is 0 Å². The Morgan fingerprint density at radius 3 is 2.30 bits per heavy atom. The van der Waals surface area contributed by atoms with Crippen LogP contribution in [-0.2, 0) is 11.8 Å². The Morgan fingerprint density at radius 1 is 1.10 bits per heavy atom. The van der Waals surface area contributed by atoms with Gasteiger partial charge in [-0.3, -0.25) is 0 Å². The fraction of sp³-hybridized carbons (Fsp3) is 0.500. The zero-order valence-corrected chi connectivity index (χ0v) is 19.6. The summed E-state index contributed by atoms with van der Waals surface area (Å²) in [5, 5.41) is 11.6. The standard InChI is InChI=1S/C26H32Cl2N2/c1-3-30(18-16-21-9-5-4-6-10-21)20(2)15-17-26(19-29,22-11-7-12-22)25-23(27)13-8-14-24(25)28/h4-6,8-10,13-14,20,22H,3,7,11-12,15-18H2,1-2H3. The molecule has 4 heteroatoms. The monoisotopic (exact) mass is 442 g/mol. The molecule has 0 saturated heterocycles. The van der Waals surface area contributed by atoms with Crippen molar-refractivity contribution in [3.05, 3.63) is 69.7 Å². The third-order valence-electron chi connectivity index (χ3n) is 6.93. The molecule has 0 heterocycles. The second-order valence-electron chi connectivity index (χ2n) is 8.56. The molecule has 2 aromatic rings. The predicted molar refractivity (Wildman–Crippen MR) is 127 cm³/mol. The van der Waals surface area contributed by atoms with E-state index in [1.165, 1.54) is 12.0 Å². The van der Waals surface area contributed by atoms with Crippen LogP contribution in [-0.4, -0.2) is 24.0 Å². The largest absolute Gasteiger partial charge is 0.301 e. The Bertz CT molecular complexity index is 837. The van der Waals surface area contributed by atoms with E-state index in [1.807, 2.05) is 18.2 Å². The quantitative estimate of drug-likeness (QED) is 0.386. The van der Waals surface area contributed by atoms with Crippen molar-refractivity contribution in [2.45, 2.75) is 63.8 Å². The van der Waals surface area contributed by atoms with Crippen LogP contribution in [0.15, 0.2) is 48.5 Å². The average molecular weight is 443 g/mol. The highest BCUT2D eigenvalue weighted by atomic mass is 35.5. The fourth-order valence-electron chi connectivity index (χ4n) is 4.79. The molecular formula is C26H32Cl2N2. The zero-order valence-electron chi connectivity index (χ0n) is 18.1. The van der Waals surface area contributed by atoms with Crippen LogP contribution in [0.25, 0.3) is 0 Å². The summed E-state index contributed by atoms with van der Waals surface area (Å²) < 4.78 is 0. The van der Waals surface area contributed by atoms with Crippen molar-refractivity contribution in [1.29, 1.82) is 5.26 Å². The molecule has 2 unspecified atom stereocenters. The lowest BCUT2D eigenvalue weighted by Crippen LogP contribution is -2.41. The molecule has 0 aliphatic heterocycles. The van der Waals surface area contributed by atoms with Gasteiger partial charge in [-0.25, -0.2) is 0 Å². The Morgan fingerprint density at radius 2 is 1.77 bits per heavy atom. The van der Waals surface area contributed by atoms with Gasteiger partial charge in [0.25, 0.3) is 0 Å². The molecule has 160 valence electrons. The molecule has 0 N–H and O–H groups in total. The van der Waals surface area contributed by atoms with Gasteiger partial charge in [0.2, 0.25) is 0 Å². The smallest absolute Gasteiger partial charge is 0.0879 e. The molecule has 2 nitrogen and oxygen atoms in total. The topological polar surface area (TPSA) is 27.0 Å². The van der Waals surface area contributed by atoms with Gasteiger partial charge in [0, 0.05) is 28.2 Å². The van der Waals surface area contributed by atoms with Gasteiger partial charge in [-0.15, -0.1) is 0 Å². The summed E-state index contributed by atoms with van der Waals surface area (Å²) in [5.74, 6) is 0.339. The van der Waals surface area contributed by atoms with E-state index >= 15 is 0 Å². The van der Waals surface area contributed by atoms with Gasteiger partial charge < -0.3 is 4.90 Å². The van der Waals surface area contributed by atoms with E-state index in [1.54, 1.807) is 0 Å². The Hall–Kier alpha value is -1.53. The van der Waals surface area contributed by atoms with Crippen LogP contribution in [0.4, 0.5) is 0 Å². The molecule has 2 aromatic carbocycles. The van der Waals surface area contributed by atoms with Crippen molar-refractivity contribution in [3.8, 4) is 6.07 Å². The van der Waals surface area contributed by atoms with E-state index in [2.05, 4.69) is 55.1 Å². The van der Waals surface area contributed by atoms with Crippen LogP contribution in [0, 0.1) is 17.2 Å². The van der Waals surface area contributed by atoms with Crippen molar-refractivity contribution in [2.75, 3.05) is 13.1 Å². The lowest BCUT2D eigenvalue weighted by Gasteiger charge is -2.43. The molecule has 3 rings (SSSR count). The first-order valence-corrected chi connectivity index (χ1v) is 11.9. The maximum atomic E-state index is 10.4. The van der Waals surface area contributed by atoms with Gasteiger partial charge >= 0.3 is 0 Å². The second-order valence-corrected chi connectivity index (χ2v) is 9.37. The Balaban J connectivity index is 1.74. The summed E-state index contributed by atoms with van der Waals surface area (Å²) in [6.07, 6.45) is 6.13. The van der Waals surface area contributed by atoms with E-state index in [9.17, 15) is 5.26 Å². The number of rotatable bonds is 10. The third-order valence-corrected chi connectivity index (χ3v) is 7.56. The van der Waals surface area contributed by atoms with Crippen LogP contribution in [0.3, 0.4) is 0 Å².